The molecule has 24 heavy (non-hydrogen) atoms. The quantitative estimate of drug-likeness (QED) is 0.861. The van der Waals surface area contributed by atoms with Crippen LogP contribution in [0.3, 0.4) is 0 Å². The van der Waals surface area contributed by atoms with Gasteiger partial charge < -0.3 is 9.42 Å². The van der Waals surface area contributed by atoms with Crippen LogP contribution >= 0.6 is 0 Å². The maximum atomic E-state index is 14.0. The highest BCUT2D eigenvalue weighted by Crippen LogP contribution is 2.22. The van der Waals surface area contributed by atoms with E-state index in [1.807, 2.05) is 0 Å². The highest BCUT2D eigenvalue weighted by atomic mass is 19.1. The van der Waals surface area contributed by atoms with Gasteiger partial charge in [0.1, 0.15) is 29.6 Å². The third-order valence-corrected chi connectivity index (χ3v) is 3.80. The Bertz CT molecular complexity index is 770. The van der Waals surface area contributed by atoms with E-state index in [-0.39, 0.29) is 18.4 Å². The van der Waals surface area contributed by atoms with Gasteiger partial charge in [0, 0.05) is 19.0 Å². The first-order chi connectivity index (χ1) is 11.5. The highest BCUT2D eigenvalue weighted by Gasteiger charge is 2.30. The molecule has 1 aromatic carbocycles. The summed E-state index contributed by atoms with van der Waals surface area (Å²) in [7, 11) is 0. The molecular formula is C16H15F2N3O3. The average Bonchev–Trinajstić information content (AvgIpc) is 3.13. The van der Waals surface area contributed by atoms with Crippen molar-refractivity contribution < 1.29 is 22.9 Å². The summed E-state index contributed by atoms with van der Waals surface area (Å²) in [5.74, 6) is -2.46. The molecule has 0 atom stereocenters. The van der Waals surface area contributed by atoms with Crippen molar-refractivity contribution in [2.24, 2.45) is 0 Å². The third kappa shape index (κ3) is 2.99. The van der Waals surface area contributed by atoms with Crippen molar-refractivity contribution in [2.75, 3.05) is 18.1 Å². The van der Waals surface area contributed by atoms with Gasteiger partial charge in [-0.1, -0.05) is 11.2 Å². The maximum Gasteiger partial charge on any atom is 0.267 e. The van der Waals surface area contributed by atoms with Gasteiger partial charge in [0.25, 0.3) is 5.91 Å². The van der Waals surface area contributed by atoms with Crippen LogP contribution in [0.2, 0.25) is 0 Å². The Morgan fingerprint density at radius 2 is 2.08 bits per heavy atom. The Hall–Kier alpha value is -2.77. The number of likely N-dealkylation sites (tertiary alicyclic amines) is 1. The second-order valence-corrected chi connectivity index (χ2v) is 5.53. The molecule has 0 spiro atoms. The first kappa shape index (κ1) is 16.1. The number of anilines is 1. The summed E-state index contributed by atoms with van der Waals surface area (Å²) in [6, 6.07) is 4.65. The van der Waals surface area contributed by atoms with Crippen LogP contribution in [0.25, 0.3) is 0 Å². The lowest BCUT2D eigenvalue weighted by atomic mass is 10.1. The van der Waals surface area contributed by atoms with E-state index in [2.05, 4.69) is 5.16 Å². The third-order valence-electron chi connectivity index (χ3n) is 3.80. The van der Waals surface area contributed by atoms with Crippen molar-refractivity contribution in [3.8, 4) is 0 Å². The van der Waals surface area contributed by atoms with Crippen LogP contribution in [-0.2, 0) is 4.79 Å². The zero-order valence-corrected chi connectivity index (χ0v) is 13.0. The van der Waals surface area contributed by atoms with E-state index in [0.717, 1.165) is 17.0 Å². The van der Waals surface area contributed by atoms with Crippen LogP contribution < -0.4 is 4.90 Å². The number of nitrogens with zero attached hydrogens (tertiary/aromatic N) is 3. The second kappa shape index (κ2) is 6.38. The first-order valence-corrected chi connectivity index (χ1v) is 7.44. The molecule has 1 fully saturated rings. The molecule has 1 saturated heterocycles. The number of aromatic nitrogens is 1. The number of hydrogen-bond donors (Lipinski definition) is 0. The Kier molecular flexibility index (Phi) is 4.28. The molecule has 126 valence electrons. The van der Waals surface area contributed by atoms with Crippen LogP contribution in [-0.4, -0.2) is 35.1 Å². The normalized spacial score (nSPS) is 14.3. The van der Waals surface area contributed by atoms with Crippen molar-refractivity contribution in [1.29, 1.82) is 0 Å². The van der Waals surface area contributed by atoms with E-state index >= 15 is 0 Å². The van der Waals surface area contributed by atoms with Crippen LogP contribution in [0.4, 0.5) is 14.6 Å². The first-order valence-electron chi connectivity index (χ1n) is 7.44. The van der Waals surface area contributed by atoms with E-state index in [9.17, 15) is 18.4 Å². The van der Waals surface area contributed by atoms with E-state index in [0.29, 0.717) is 25.1 Å². The molecule has 0 N–H and O–H groups in total. The average molecular weight is 335 g/mol. The predicted octanol–water partition coefficient (Wildman–Crippen LogP) is 2.49. The zero-order chi connectivity index (χ0) is 17.3. The molecule has 0 aliphatic carbocycles. The summed E-state index contributed by atoms with van der Waals surface area (Å²) in [4.78, 5) is 27.0. The number of benzene rings is 1. The number of amides is 2. The van der Waals surface area contributed by atoms with Gasteiger partial charge in [0.2, 0.25) is 5.91 Å². The van der Waals surface area contributed by atoms with Crippen molar-refractivity contribution in [1.82, 2.24) is 10.1 Å². The standard InChI is InChI=1S/C16H15F2N3O3/c1-10-8-13(19-24-10)21(9-20-7-3-6-14(20)22)16(23)15-11(17)4-2-5-12(15)18/h2,4-5,8H,3,6-7,9H2,1H3. The fraction of sp³-hybridized carbons (Fsp3) is 0.312. The van der Waals surface area contributed by atoms with Crippen LogP contribution in [0.15, 0.2) is 28.8 Å². The van der Waals surface area contributed by atoms with Gasteiger partial charge in [-0.3, -0.25) is 14.5 Å². The maximum absolute atomic E-state index is 14.0. The minimum atomic E-state index is -0.974. The molecule has 2 amide bonds. The van der Waals surface area contributed by atoms with Gasteiger partial charge >= 0.3 is 0 Å². The Morgan fingerprint density at radius 1 is 1.38 bits per heavy atom. The number of carbonyl (C=O) groups is 2. The molecule has 8 heteroatoms. The van der Waals surface area contributed by atoms with Gasteiger partial charge in [0.05, 0.1) is 0 Å². The number of aryl methyl sites for hydroxylation is 1. The lowest BCUT2D eigenvalue weighted by Gasteiger charge is -2.26. The summed E-state index contributed by atoms with van der Waals surface area (Å²) >= 11 is 0. The van der Waals surface area contributed by atoms with Gasteiger partial charge in [-0.25, -0.2) is 8.78 Å². The molecule has 0 bridgehead atoms. The van der Waals surface area contributed by atoms with E-state index in [4.69, 9.17) is 4.52 Å². The monoisotopic (exact) mass is 335 g/mol. The van der Waals surface area contributed by atoms with Crippen LogP contribution in [0.5, 0.6) is 0 Å². The second-order valence-electron chi connectivity index (χ2n) is 5.53. The van der Waals surface area contributed by atoms with Crippen molar-refractivity contribution in [3.05, 3.63) is 47.2 Å². The van der Waals surface area contributed by atoms with Gasteiger partial charge in [0.15, 0.2) is 5.82 Å². The molecule has 1 aromatic heterocycles. The topological polar surface area (TPSA) is 66.7 Å². The zero-order valence-electron chi connectivity index (χ0n) is 13.0. The van der Waals surface area contributed by atoms with Crippen molar-refractivity contribution >= 4 is 17.6 Å². The SMILES string of the molecule is Cc1cc(N(CN2CCCC2=O)C(=O)c2c(F)cccc2F)no1. The molecule has 2 aromatic rings. The molecular weight excluding hydrogens is 320 g/mol. The lowest BCUT2D eigenvalue weighted by Crippen LogP contribution is -2.43. The Morgan fingerprint density at radius 3 is 2.62 bits per heavy atom. The van der Waals surface area contributed by atoms with Crippen molar-refractivity contribution in [2.45, 2.75) is 19.8 Å². The minimum Gasteiger partial charge on any atom is -0.360 e. The molecule has 0 unspecified atom stereocenters. The number of hydrogen-bond acceptors (Lipinski definition) is 4. The summed E-state index contributed by atoms with van der Waals surface area (Å²) < 4.78 is 32.9. The summed E-state index contributed by atoms with van der Waals surface area (Å²) in [5, 5.41) is 3.74. The summed E-state index contributed by atoms with van der Waals surface area (Å²) in [5.41, 5.74) is -0.690. The van der Waals surface area contributed by atoms with E-state index in [1.54, 1.807) is 6.92 Å². The van der Waals surface area contributed by atoms with Crippen LogP contribution in [0.1, 0.15) is 29.0 Å². The Labute approximate surface area is 136 Å². The van der Waals surface area contributed by atoms with Gasteiger partial charge in [-0.15, -0.1) is 0 Å². The molecule has 0 saturated carbocycles. The lowest BCUT2D eigenvalue weighted by molar-refractivity contribution is -0.127. The number of halogens is 2. The van der Waals surface area contributed by atoms with Crippen LogP contribution in [0, 0.1) is 18.6 Å². The van der Waals surface area contributed by atoms with Crippen molar-refractivity contribution in [3.63, 3.8) is 0 Å². The predicted molar refractivity (Wildman–Crippen MR) is 80.2 cm³/mol. The minimum absolute atomic E-state index is 0.0971. The highest BCUT2D eigenvalue weighted by molar-refractivity contribution is 6.06. The molecule has 6 nitrogen and oxygen atoms in total. The number of rotatable bonds is 4. The van der Waals surface area contributed by atoms with E-state index in [1.165, 1.54) is 17.0 Å². The summed E-state index contributed by atoms with van der Waals surface area (Å²) in [6.07, 6.45) is 1.06. The molecule has 1 aliphatic heterocycles. The number of carbonyl (C=O) groups excluding carboxylic acids is 2. The largest absolute Gasteiger partial charge is 0.360 e. The fourth-order valence-corrected chi connectivity index (χ4v) is 2.58. The molecule has 2 heterocycles. The smallest absolute Gasteiger partial charge is 0.267 e. The molecule has 1 aliphatic rings. The van der Waals surface area contributed by atoms with Gasteiger partial charge in [-0.05, 0) is 25.5 Å². The summed E-state index contributed by atoms with van der Waals surface area (Å²) in [6.45, 7) is 1.96. The Balaban J connectivity index is 1.97. The van der Waals surface area contributed by atoms with E-state index < -0.39 is 23.1 Å². The fourth-order valence-electron chi connectivity index (χ4n) is 2.58. The molecule has 3 rings (SSSR count). The molecule has 0 radical (unpaired) electrons. The van der Waals surface area contributed by atoms with Gasteiger partial charge in [-0.2, -0.15) is 0 Å².